The highest BCUT2D eigenvalue weighted by Crippen LogP contribution is 2.46. The van der Waals surface area contributed by atoms with Crippen LogP contribution in [0.15, 0.2) is 0 Å². The van der Waals surface area contributed by atoms with Crippen molar-refractivity contribution in [3.63, 3.8) is 0 Å². The number of carboxylic acid groups (broad SMARTS) is 1. The standard InChI is InChI=1S/C13H23NO3/c1-9(2)8-13(5-4-6-13)12(17)14-10(3)7-11(15)16/h9-10H,4-8H2,1-3H3,(H,14,17)(H,15,16)/t10-/m0/s1. The predicted octanol–water partition coefficient (Wildman–Crippen LogP) is 2.18. The second kappa shape index (κ2) is 5.52. The maximum atomic E-state index is 12.2. The molecule has 0 radical (unpaired) electrons. The Morgan fingerprint density at radius 1 is 1.29 bits per heavy atom. The van der Waals surface area contributed by atoms with Gasteiger partial charge in [0.1, 0.15) is 0 Å². The van der Waals surface area contributed by atoms with Crippen molar-refractivity contribution in [3.05, 3.63) is 0 Å². The van der Waals surface area contributed by atoms with Crippen molar-refractivity contribution in [1.29, 1.82) is 0 Å². The summed E-state index contributed by atoms with van der Waals surface area (Å²) in [6.07, 6.45) is 3.88. The second-order valence-electron chi connectivity index (χ2n) is 5.70. The van der Waals surface area contributed by atoms with E-state index < -0.39 is 5.97 Å². The molecule has 1 aliphatic rings. The van der Waals surface area contributed by atoms with Crippen LogP contribution >= 0.6 is 0 Å². The first kappa shape index (κ1) is 14.0. The zero-order chi connectivity index (χ0) is 13.1. The van der Waals surface area contributed by atoms with Crippen LogP contribution in [0, 0.1) is 11.3 Å². The third-order valence-electron chi connectivity index (χ3n) is 3.45. The number of nitrogens with one attached hydrogen (secondary N) is 1. The van der Waals surface area contributed by atoms with E-state index >= 15 is 0 Å². The lowest BCUT2D eigenvalue weighted by molar-refractivity contribution is -0.140. The maximum absolute atomic E-state index is 12.2. The van der Waals surface area contributed by atoms with Crippen LogP contribution in [0.3, 0.4) is 0 Å². The van der Waals surface area contributed by atoms with E-state index in [1.54, 1.807) is 6.92 Å². The Morgan fingerprint density at radius 3 is 2.24 bits per heavy atom. The van der Waals surface area contributed by atoms with Crippen LogP contribution in [0.2, 0.25) is 0 Å². The van der Waals surface area contributed by atoms with Crippen LogP contribution in [-0.2, 0) is 9.59 Å². The van der Waals surface area contributed by atoms with Gasteiger partial charge < -0.3 is 10.4 Å². The SMILES string of the molecule is CC(C)CC1(C(=O)N[C@@H](C)CC(=O)O)CCC1. The third kappa shape index (κ3) is 3.72. The molecule has 1 fully saturated rings. The zero-order valence-corrected chi connectivity index (χ0v) is 11.0. The Balaban J connectivity index is 2.52. The van der Waals surface area contributed by atoms with E-state index in [-0.39, 0.29) is 23.8 Å². The summed E-state index contributed by atoms with van der Waals surface area (Å²) in [5.74, 6) is -0.327. The third-order valence-corrected chi connectivity index (χ3v) is 3.45. The van der Waals surface area contributed by atoms with E-state index in [1.807, 2.05) is 0 Å². The number of carbonyl (C=O) groups is 2. The normalized spacial score (nSPS) is 19.5. The molecule has 98 valence electrons. The molecule has 0 spiro atoms. The van der Waals surface area contributed by atoms with Gasteiger partial charge in [-0.25, -0.2) is 0 Å². The van der Waals surface area contributed by atoms with Gasteiger partial charge in [0, 0.05) is 11.5 Å². The average molecular weight is 241 g/mol. The molecule has 0 heterocycles. The minimum atomic E-state index is -0.871. The molecule has 0 bridgehead atoms. The summed E-state index contributed by atoms with van der Waals surface area (Å²) in [6.45, 7) is 5.98. The van der Waals surface area contributed by atoms with Crippen molar-refractivity contribution in [1.82, 2.24) is 5.32 Å². The molecule has 17 heavy (non-hydrogen) atoms. The average Bonchev–Trinajstić information content (AvgIpc) is 2.08. The molecule has 1 rings (SSSR count). The lowest BCUT2D eigenvalue weighted by Crippen LogP contribution is -2.49. The summed E-state index contributed by atoms with van der Waals surface area (Å²) < 4.78 is 0. The highest BCUT2D eigenvalue weighted by atomic mass is 16.4. The molecule has 1 aliphatic carbocycles. The largest absolute Gasteiger partial charge is 0.481 e. The summed E-state index contributed by atoms with van der Waals surface area (Å²) in [6, 6.07) is -0.287. The van der Waals surface area contributed by atoms with E-state index in [0.29, 0.717) is 5.92 Å². The first-order chi connectivity index (χ1) is 7.85. The van der Waals surface area contributed by atoms with Gasteiger partial charge in [-0.05, 0) is 32.1 Å². The molecule has 1 amide bonds. The van der Waals surface area contributed by atoms with Gasteiger partial charge in [-0.1, -0.05) is 20.3 Å². The van der Waals surface area contributed by atoms with Gasteiger partial charge >= 0.3 is 5.97 Å². The monoisotopic (exact) mass is 241 g/mol. The fourth-order valence-corrected chi connectivity index (χ4v) is 2.60. The predicted molar refractivity (Wildman–Crippen MR) is 65.6 cm³/mol. The highest BCUT2D eigenvalue weighted by Gasteiger charge is 2.44. The fraction of sp³-hybridized carbons (Fsp3) is 0.846. The topological polar surface area (TPSA) is 66.4 Å². The zero-order valence-electron chi connectivity index (χ0n) is 11.0. The first-order valence-corrected chi connectivity index (χ1v) is 6.38. The summed E-state index contributed by atoms with van der Waals surface area (Å²) in [5, 5.41) is 11.5. The number of hydrogen-bond donors (Lipinski definition) is 2. The van der Waals surface area contributed by atoms with Crippen LogP contribution in [-0.4, -0.2) is 23.0 Å². The van der Waals surface area contributed by atoms with Crippen molar-refractivity contribution in [3.8, 4) is 0 Å². The van der Waals surface area contributed by atoms with Gasteiger partial charge in [-0.15, -0.1) is 0 Å². The van der Waals surface area contributed by atoms with E-state index in [9.17, 15) is 9.59 Å². The Kier molecular flexibility index (Phi) is 4.54. The number of aliphatic carboxylic acids is 1. The van der Waals surface area contributed by atoms with Gasteiger partial charge in [0.2, 0.25) is 5.91 Å². The molecule has 0 saturated heterocycles. The minimum absolute atomic E-state index is 0.0104. The van der Waals surface area contributed by atoms with Gasteiger partial charge in [-0.3, -0.25) is 9.59 Å². The smallest absolute Gasteiger partial charge is 0.305 e. The van der Waals surface area contributed by atoms with Gasteiger partial charge in [0.15, 0.2) is 0 Å². The van der Waals surface area contributed by atoms with Crippen LogP contribution < -0.4 is 5.32 Å². The van der Waals surface area contributed by atoms with Crippen LogP contribution in [0.25, 0.3) is 0 Å². The lowest BCUT2D eigenvalue weighted by Gasteiger charge is -2.42. The minimum Gasteiger partial charge on any atom is -0.481 e. The molecule has 4 heteroatoms. The van der Waals surface area contributed by atoms with Gasteiger partial charge in [-0.2, -0.15) is 0 Å². The highest BCUT2D eigenvalue weighted by molar-refractivity contribution is 5.84. The Hall–Kier alpha value is -1.06. The molecule has 0 aromatic carbocycles. The number of carboxylic acids is 1. The van der Waals surface area contributed by atoms with Crippen molar-refractivity contribution in [2.24, 2.45) is 11.3 Å². The Bertz CT molecular complexity index is 295. The Morgan fingerprint density at radius 2 is 1.88 bits per heavy atom. The summed E-state index contributed by atoms with van der Waals surface area (Å²) >= 11 is 0. The molecule has 0 aromatic rings. The molecule has 1 atom stereocenters. The molecular formula is C13H23NO3. The molecular weight excluding hydrogens is 218 g/mol. The number of rotatable bonds is 6. The first-order valence-electron chi connectivity index (χ1n) is 6.38. The Labute approximate surface area is 103 Å². The van der Waals surface area contributed by atoms with Gasteiger partial charge in [0.25, 0.3) is 0 Å². The molecule has 1 saturated carbocycles. The number of amides is 1. The molecule has 0 unspecified atom stereocenters. The number of carbonyl (C=O) groups excluding carboxylic acids is 1. The fourth-order valence-electron chi connectivity index (χ4n) is 2.60. The summed E-state index contributed by atoms with van der Waals surface area (Å²) in [5.41, 5.74) is -0.221. The van der Waals surface area contributed by atoms with E-state index in [1.165, 1.54) is 0 Å². The van der Waals surface area contributed by atoms with Crippen LogP contribution in [0.5, 0.6) is 0 Å². The lowest BCUT2D eigenvalue weighted by atomic mass is 9.64. The van der Waals surface area contributed by atoms with Gasteiger partial charge in [0.05, 0.1) is 6.42 Å². The van der Waals surface area contributed by atoms with E-state index in [0.717, 1.165) is 25.7 Å². The summed E-state index contributed by atoms with van der Waals surface area (Å²) in [7, 11) is 0. The van der Waals surface area contributed by atoms with E-state index in [2.05, 4.69) is 19.2 Å². The van der Waals surface area contributed by atoms with Crippen LogP contribution in [0.1, 0.15) is 52.9 Å². The van der Waals surface area contributed by atoms with Crippen molar-refractivity contribution in [2.45, 2.75) is 58.9 Å². The second-order valence-corrected chi connectivity index (χ2v) is 5.70. The van der Waals surface area contributed by atoms with Crippen LogP contribution in [0.4, 0.5) is 0 Å². The molecule has 2 N–H and O–H groups in total. The molecule has 0 aliphatic heterocycles. The summed E-state index contributed by atoms with van der Waals surface area (Å²) in [4.78, 5) is 22.7. The molecule has 0 aromatic heterocycles. The molecule has 4 nitrogen and oxygen atoms in total. The van der Waals surface area contributed by atoms with Crippen molar-refractivity contribution in [2.75, 3.05) is 0 Å². The quantitative estimate of drug-likeness (QED) is 0.749. The van der Waals surface area contributed by atoms with E-state index in [4.69, 9.17) is 5.11 Å². The van der Waals surface area contributed by atoms with Crippen molar-refractivity contribution >= 4 is 11.9 Å². The van der Waals surface area contributed by atoms with Crippen molar-refractivity contribution < 1.29 is 14.7 Å². The number of hydrogen-bond acceptors (Lipinski definition) is 2. The maximum Gasteiger partial charge on any atom is 0.305 e.